The molecule has 0 aliphatic heterocycles. The summed E-state index contributed by atoms with van der Waals surface area (Å²) in [5.41, 5.74) is 4.63. The molecule has 1 aliphatic carbocycles. The van der Waals surface area contributed by atoms with E-state index in [9.17, 15) is 4.79 Å². The normalized spacial score (nSPS) is 18.2. The van der Waals surface area contributed by atoms with E-state index >= 15 is 0 Å². The molecule has 1 atom stereocenters. The van der Waals surface area contributed by atoms with Crippen LogP contribution < -0.4 is 0 Å². The molecule has 2 nitrogen and oxygen atoms in total. The van der Waals surface area contributed by atoms with Gasteiger partial charge >= 0.3 is 0 Å². The molecule has 1 aliphatic rings. The van der Waals surface area contributed by atoms with Gasteiger partial charge in [0.2, 0.25) is 0 Å². The van der Waals surface area contributed by atoms with E-state index in [1.54, 1.807) is 0 Å². The van der Waals surface area contributed by atoms with Crippen molar-refractivity contribution in [3.8, 4) is 0 Å². The summed E-state index contributed by atoms with van der Waals surface area (Å²) < 4.78 is 0. The summed E-state index contributed by atoms with van der Waals surface area (Å²) in [5.74, 6) is 0.183. The highest BCUT2D eigenvalue weighted by Crippen LogP contribution is 2.37. The van der Waals surface area contributed by atoms with Gasteiger partial charge in [-0.15, -0.1) is 0 Å². The standard InChI is InChI=1S/C18H15NO/c20-16-11-10-14-13-8-4-5-9-15(13)19-18(14)17(16)12-6-2-1-3-7-12/h1-9,17,19H,10-11H2. The van der Waals surface area contributed by atoms with Gasteiger partial charge in [0, 0.05) is 23.0 Å². The molecule has 0 spiro atoms. The SMILES string of the molecule is O=C1CCc2c([nH]c3ccccc23)C1c1ccccc1. The zero-order valence-corrected chi connectivity index (χ0v) is 11.1. The van der Waals surface area contributed by atoms with E-state index in [1.807, 2.05) is 36.4 Å². The van der Waals surface area contributed by atoms with Crippen LogP contribution in [0.5, 0.6) is 0 Å². The molecule has 2 heteroatoms. The Balaban J connectivity index is 1.96. The smallest absolute Gasteiger partial charge is 0.146 e. The summed E-state index contributed by atoms with van der Waals surface area (Å²) in [6, 6.07) is 18.4. The van der Waals surface area contributed by atoms with E-state index in [-0.39, 0.29) is 5.92 Å². The molecule has 1 N–H and O–H groups in total. The Hall–Kier alpha value is -2.35. The van der Waals surface area contributed by atoms with Crippen LogP contribution >= 0.6 is 0 Å². The number of benzene rings is 2. The Morgan fingerprint density at radius 1 is 0.900 bits per heavy atom. The summed E-state index contributed by atoms with van der Waals surface area (Å²) >= 11 is 0. The molecule has 0 bridgehead atoms. The second kappa shape index (κ2) is 4.34. The third kappa shape index (κ3) is 1.61. The number of carbonyl (C=O) groups is 1. The predicted octanol–water partition coefficient (Wildman–Crippen LogP) is 3.82. The number of para-hydroxylation sites is 1. The van der Waals surface area contributed by atoms with Crippen LogP contribution in [-0.4, -0.2) is 10.8 Å². The highest BCUT2D eigenvalue weighted by Gasteiger charge is 2.31. The third-order valence-corrected chi connectivity index (χ3v) is 4.21. The number of Topliss-reactive ketones (excluding diaryl/α,β-unsaturated/α-hetero) is 1. The number of aromatic amines is 1. The lowest BCUT2D eigenvalue weighted by Crippen LogP contribution is -2.21. The number of ketones is 1. The van der Waals surface area contributed by atoms with E-state index in [0.29, 0.717) is 12.2 Å². The van der Waals surface area contributed by atoms with Crippen molar-refractivity contribution in [3.63, 3.8) is 0 Å². The van der Waals surface area contributed by atoms with Crippen LogP contribution in [0, 0.1) is 0 Å². The van der Waals surface area contributed by atoms with Crippen LogP contribution in [0.1, 0.15) is 29.2 Å². The number of carbonyl (C=O) groups excluding carboxylic acids is 1. The van der Waals surface area contributed by atoms with E-state index in [0.717, 1.165) is 23.2 Å². The van der Waals surface area contributed by atoms with Crippen molar-refractivity contribution < 1.29 is 4.79 Å². The first-order valence-corrected chi connectivity index (χ1v) is 7.02. The van der Waals surface area contributed by atoms with E-state index in [2.05, 4.69) is 23.2 Å². The van der Waals surface area contributed by atoms with Crippen LogP contribution in [0.4, 0.5) is 0 Å². The number of aromatic nitrogens is 1. The summed E-state index contributed by atoms with van der Waals surface area (Å²) in [4.78, 5) is 15.9. The summed E-state index contributed by atoms with van der Waals surface area (Å²) in [6.45, 7) is 0. The van der Waals surface area contributed by atoms with Crippen molar-refractivity contribution in [2.45, 2.75) is 18.8 Å². The number of rotatable bonds is 1. The summed E-state index contributed by atoms with van der Waals surface area (Å²) in [7, 11) is 0. The fourth-order valence-electron chi connectivity index (χ4n) is 3.29. The lowest BCUT2D eigenvalue weighted by molar-refractivity contribution is -0.120. The van der Waals surface area contributed by atoms with Gasteiger partial charge in [-0.1, -0.05) is 48.5 Å². The fourth-order valence-corrected chi connectivity index (χ4v) is 3.29. The number of fused-ring (bicyclic) bond motifs is 3. The maximum absolute atomic E-state index is 12.4. The van der Waals surface area contributed by atoms with Crippen molar-refractivity contribution >= 4 is 16.7 Å². The van der Waals surface area contributed by atoms with Crippen LogP contribution in [0.2, 0.25) is 0 Å². The number of hydrogen-bond donors (Lipinski definition) is 1. The maximum Gasteiger partial charge on any atom is 0.146 e. The lowest BCUT2D eigenvalue weighted by Gasteiger charge is -2.22. The average molecular weight is 261 g/mol. The summed E-state index contributed by atoms with van der Waals surface area (Å²) in [5, 5.41) is 1.26. The molecule has 3 aromatic rings. The number of aryl methyl sites for hydroxylation is 1. The average Bonchev–Trinajstić information content (AvgIpc) is 2.86. The Morgan fingerprint density at radius 2 is 1.65 bits per heavy atom. The number of H-pyrrole nitrogens is 1. The Labute approximate surface area is 117 Å². The van der Waals surface area contributed by atoms with Gasteiger partial charge in [-0.3, -0.25) is 4.79 Å². The van der Waals surface area contributed by atoms with Crippen molar-refractivity contribution in [1.29, 1.82) is 0 Å². The van der Waals surface area contributed by atoms with Gasteiger partial charge in [0.15, 0.2) is 0 Å². The minimum atomic E-state index is -0.132. The minimum absolute atomic E-state index is 0.132. The Morgan fingerprint density at radius 3 is 2.50 bits per heavy atom. The van der Waals surface area contributed by atoms with Crippen LogP contribution in [0.25, 0.3) is 10.9 Å². The van der Waals surface area contributed by atoms with E-state index in [4.69, 9.17) is 0 Å². The third-order valence-electron chi connectivity index (χ3n) is 4.21. The first-order valence-electron chi connectivity index (χ1n) is 7.02. The molecule has 1 heterocycles. The van der Waals surface area contributed by atoms with E-state index in [1.165, 1.54) is 10.9 Å². The lowest BCUT2D eigenvalue weighted by atomic mass is 9.81. The van der Waals surface area contributed by atoms with Crippen molar-refractivity contribution in [2.24, 2.45) is 0 Å². The molecule has 1 aromatic heterocycles. The molecule has 0 saturated carbocycles. The number of hydrogen-bond acceptors (Lipinski definition) is 1. The van der Waals surface area contributed by atoms with Crippen LogP contribution in [-0.2, 0) is 11.2 Å². The van der Waals surface area contributed by atoms with Gasteiger partial charge in [-0.25, -0.2) is 0 Å². The molecule has 98 valence electrons. The van der Waals surface area contributed by atoms with Gasteiger partial charge in [0.25, 0.3) is 0 Å². The van der Waals surface area contributed by atoms with Crippen molar-refractivity contribution in [2.75, 3.05) is 0 Å². The van der Waals surface area contributed by atoms with Gasteiger partial charge in [0.05, 0.1) is 5.92 Å². The molecule has 0 radical (unpaired) electrons. The molecule has 0 amide bonds. The second-order valence-corrected chi connectivity index (χ2v) is 5.37. The van der Waals surface area contributed by atoms with E-state index < -0.39 is 0 Å². The highest BCUT2D eigenvalue weighted by atomic mass is 16.1. The molecular formula is C18H15NO. The minimum Gasteiger partial charge on any atom is -0.357 e. The van der Waals surface area contributed by atoms with Crippen molar-refractivity contribution in [3.05, 3.63) is 71.4 Å². The largest absolute Gasteiger partial charge is 0.357 e. The predicted molar refractivity (Wildman–Crippen MR) is 79.9 cm³/mol. The quantitative estimate of drug-likeness (QED) is 0.709. The topological polar surface area (TPSA) is 32.9 Å². The highest BCUT2D eigenvalue weighted by molar-refractivity contribution is 5.95. The fraction of sp³-hybridized carbons (Fsp3) is 0.167. The Kier molecular flexibility index (Phi) is 2.49. The molecular weight excluding hydrogens is 246 g/mol. The number of nitrogens with one attached hydrogen (secondary N) is 1. The van der Waals surface area contributed by atoms with Gasteiger partial charge in [-0.05, 0) is 23.6 Å². The molecule has 0 fully saturated rings. The molecule has 0 saturated heterocycles. The first kappa shape index (κ1) is 11.5. The van der Waals surface area contributed by atoms with Gasteiger partial charge in [-0.2, -0.15) is 0 Å². The van der Waals surface area contributed by atoms with Crippen molar-refractivity contribution in [1.82, 2.24) is 4.98 Å². The van der Waals surface area contributed by atoms with Crippen LogP contribution in [0.15, 0.2) is 54.6 Å². The van der Waals surface area contributed by atoms with Gasteiger partial charge in [0.1, 0.15) is 5.78 Å². The molecule has 4 rings (SSSR count). The first-order chi connectivity index (χ1) is 9.84. The Bertz CT molecular complexity index is 786. The zero-order valence-electron chi connectivity index (χ0n) is 11.1. The monoisotopic (exact) mass is 261 g/mol. The zero-order chi connectivity index (χ0) is 13.5. The van der Waals surface area contributed by atoms with Gasteiger partial charge < -0.3 is 4.98 Å². The second-order valence-electron chi connectivity index (χ2n) is 5.37. The molecule has 20 heavy (non-hydrogen) atoms. The maximum atomic E-state index is 12.4. The molecule has 1 unspecified atom stereocenters. The summed E-state index contributed by atoms with van der Waals surface area (Å²) in [6.07, 6.45) is 1.48. The van der Waals surface area contributed by atoms with Crippen LogP contribution in [0.3, 0.4) is 0 Å². The molecule has 2 aromatic carbocycles.